The van der Waals surface area contributed by atoms with Crippen LogP contribution in [0.1, 0.15) is 32.1 Å². The molecule has 1 atom stereocenters. The Morgan fingerprint density at radius 2 is 2.03 bits per heavy atom. The zero-order valence-corrected chi connectivity index (χ0v) is 18.1. The third-order valence-electron chi connectivity index (χ3n) is 6.18. The van der Waals surface area contributed by atoms with E-state index in [-0.39, 0.29) is 10.9 Å². The van der Waals surface area contributed by atoms with Crippen LogP contribution in [0.3, 0.4) is 0 Å². The molecule has 3 heterocycles. The largest absolute Gasteiger partial charge is 0.369 e. The van der Waals surface area contributed by atoms with Crippen molar-refractivity contribution in [3.05, 3.63) is 47.6 Å². The monoisotopic (exact) mass is 445 g/mol. The van der Waals surface area contributed by atoms with Crippen LogP contribution in [-0.2, 0) is 10.0 Å². The first-order chi connectivity index (χ1) is 14.5. The topological polar surface area (TPSA) is 86.7 Å². The molecule has 0 radical (unpaired) electrons. The fourth-order valence-corrected chi connectivity index (χ4v) is 6.38. The number of aromatic nitrogens is 1. The molecule has 0 bridgehead atoms. The Balaban J connectivity index is 1.50. The van der Waals surface area contributed by atoms with E-state index in [4.69, 9.17) is 16.6 Å². The number of fused-ring (bicyclic) bond motifs is 1. The molecule has 7 nitrogen and oxygen atoms in total. The Morgan fingerprint density at radius 1 is 1.20 bits per heavy atom. The molecule has 0 unspecified atom stereocenters. The van der Waals surface area contributed by atoms with Crippen LogP contribution in [0.5, 0.6) is 0 Å². The van der Waals surface area contributed by atoms with Gasteiger partial charge < -0.3 is 10.6 Å². The Bertz CT molecular complexity index is 1100. The molecule has 158 valence electrons. The average Bonchev–Trinajstić information content (AvgIpc) is 3.40. The van der Waals surface area contributed by atoms with Crippen LogP contribution in [0.25, 0.3) is 0 Å². The lowest BCUT2D eigenvalue weighted by atomic mass is 9.93. The van der Waals surface area contributed by atoms with Crippen LogP contribution >= 0.6 is 11.6 Å². The molecule has 1 spiro atoms. The number of aliphatic imine (C=N–C) groups is 1. The molecule has 2 N–H and O–H groups in total. The summed E-state index contributed by atoms with van der Waals surface area (Å²) >= 11 is 6.04. The number of nitrogens with zero attached hydrogens (tertiary/aromatic N) is 3. The lowest BCUT2D eigenvalue weighted by molar-refractivity contribution is 0.467. The smallest absolute Gasteiger partial charge is 0.243 e. The summed E-state index contributed by atoms with van der Waals surface area (Å²) in [5, 5.41) is 7.39. The van der Waals surface area contributed by atoms with Crippen molar-refractivity contribution >= 4 is 39.0 Å². The molecule has 9 heteroatoms. The summed E-state index contributed by atoms with van der Waals surface area (Å²) < 4.78 is 28.1. The van der Waals surface area contributed by atoms with Crippen molar-refractivity contribution in [3.8, 4) is 0 Å². The second kappa shape index (κ2) is 7.51. The Labute approximate surface area is 181 Å². The zero-order chi connectivity index (χ0) is 20.8. The molecule has 1 aromatic heterocycles. The van der Waals surface area contributed by atoms with Crippen LogP contribution in [-0.4, -0.2) is 48.2 Å². The van der Waals surface area contributed by atoms with Gasteiger partial charge in [0.1, 0.15) is 11.4 Å². The molecule has 1 saturated heterocycles. The third kappa shape index (κ3) is 3.46. The van der Waals surface area contributed by atoms with E-state index >= 15 is 0 Å². The molecule has 0 amide bonds. The molecular formula is C21H24ClN5O2S. The van der Waals surface area contributed by atoms with E-state index in [9.17, 15) is 8.42 Å². The minimum absolute atomic E-state index is 0.215. The van der Waals surface area contributed by atoms with Crippen LogP contribution in [0.4, 0.5) is 11.5 Å². The molecule has 30 heavy (non-hydrogen) atoms. The molecule has 2 aliphatic heterocycles. The van der Waals surface area contributed by atoms with Crippen molar-refractivity contribution in [3.63, 3.8) is 0 Å². The first kappa shape index (κ1) is 19.8. The standard InChI is InChI=1S/C21H24ClN5O2S/c22-15-5-3-8-17(13-15)30(28,29)27-12-10-21(14-27)20(24-16-6-1-2-7-16)25-19-18(26-21)9-4-11-23-19/h3-5,8-9,11,13,16,26H,1-2,6-7,10,12,14H2,(H,23,24,25)/t21-/m1/s1. The lowest BCUT2D eigenvalue weighted by Crippen LogP contribution is -2.55. The number of anilines is 2. The number of hydrogen-bond acceptors (Lipinski definition) is 5. The second-order valence-electron chi connectivity index (χ2n) is 8.19. The number of hydrogen-bond donors (Lipinski definition) is 2. The van der Waals surface area contributed by atoms with Gasteiger partial charge >= 0.3 is 0 Å². The van der Waals surface area contributed by atoms with Gasteiger partial charge in [0, 0.05) is 24.3 Å². The maximum absolute atomic E-state index is 13.3. The number of pyridine rings is 1. The van der Waals surface area contributed by atoms with Crippen LogP contribution in [0.2, 0.25) is 5.02 Å². The predicted octanol–water partition coefficient (Wildman–Crippen LogP) is 3.75. The van der Waals surface area contributed by atoms with E-state index in [1.165, 1.54) is 23.2 Å². The Hall–Kier alpha value is -2.16. The summed E-state index contributed by atoms with van der Waals surface area (Å²) in [5.41, 5.74) is 0.273. The first-order valence-electron chi connectivity index (χ1n) is 10.3. The van der Waals surface area contributed by atoms with Gasteiger partial charge in [-0.25, -0.2) is 13.4 Å². The van der Waals surface area contributed by atoms with Crippen molar-refractivity contribution < 1.29 is 8.42 Å². The number of sulfonamides is 1. The van der Waals surface area contributed by atoms with Crippen LogP contribution in [0.15, 0.2) is 52.5 Å². The number of nitrogens with one attached hydrogen (secondary N) is 2. The summed E-state index contributed by atoms with van der Waals surface area (Å²) in [6, 6.07) is 10.5. The maximum Gasteiger partial charge on any atom is 0.243 e. The number of rotatable bonds is 3. The second-order valence-corrected chi connectivity index (χ2v) is 10.6. The normalized spacial score (nSPS) is 26.0. The minimum Gasteiger partial charge on any atom is -0.369 e. The molecule has 1 aliphatic carbocycles. The summed E-state index contributed by atoms with van der Waals surface area (Å²) in [4.78, 5) is 9.67. The van der Waals surface area contributed by atoms with Crippen LogP contribution in [0, 0.1) is 0 Å². The van der Waals surface area contributed by atoms with Gasteiger partial charge in [-0.05, 0) is 49.6 Å². The fourth-order valence-electron chi connectivity index (χ4n) is 4.58. The summed E-state index contributed by atoms with van der Waals surface area (Å²) in [6.07, 6.45) is 6.88. The minimum atomic E-state index is -3.65. The van der Waals surface area contributed by atoms with Crippen LogP contribution < -0.4 is 10.6 Å². The molecular weight excluding hydrogens is 422 g/mol. The quantitative estimate of drug-likeness (QED) is 0.751. The number of benzene rings is 1. The van der Waals surface area contributed by atoms with Gasteiger partial charge in [-0.15, -0.1) is 0 Å². The average molecular weight is 446 g/mol. The molecule has 3 aliphatic rings. The van der Waals surface area contributed by atoms with Crippen molar-refractivity contribution in [2.45, 2.75) is 48.6 Å². The highest BCUT2D eigenvalue weighted by Crippen LogP contribution is 2.38. The van der Waals surface area contributed by atoms with E-state index in [1.54, 1.807) is 24.4 Å². The highest BCUT2D eigenvalue weighted by atomic mass is 35.5. The van der Waals surface area contributed by atoms with Gasteiger partial charge in [0.2, 0.25) is 10.0 Å². The van der Waals surface area contributed by atoms with E-state index in [0.29, 0.717) is 24.5 Å². The van der Waals surface area contributed by atoms with Crippen molar-refractivity contribution in [1.82, 2.24) is 9.29 Å². The van der Waals surface area contributed by atoms with Crippen molar-refractivity contribution in [1.29, 1.82) is 0 Å². The summed E-state index contributed by atoms with van der Waals surface area (Å²) in [7, 11) is -3.65. The molecule has 1 saturated carbocycles. The van der Waals surface area contributed by atoms with Gasteiger partial charge in [0.25, 0.3) is 0 Å². The molecule has 2 aromatic rings. The van der Waals surface area contributed by atoms with Gasteiger partial charge in [-0.3, -0.25) is 4.99 Å². The first-order valence-corrected chi connectivity index (χ1v) is 12.1. The van der Waals surface area contributed by atoms with Crippen molar-refractivity contribution in [2.75, 3.05) is 23.7 Å². The van der Waals surface area contributed by atoms with E-state index < -0.39 is 15.6 Å². The van der Waals surface area contributed by atoms with Gasteiger partial charge in [-0.2, -0.15) is 4.31 Å². The van der Waals surface area contributed by atoms with Gasteiger partial charge in [-0.1, -0.05) is 30.5 Å². The number of halogens is 1. The third-order valence-corrected chi connectivity index (χ3v) is 8.25. The zero-order valence-electron chi connectivity index (χ0n) is 16.5. The number of amidine groups is 1. The fraction of sp³-hybridized carbons (Fsp3) is 0.429. The highest BCUT2D eigenvalue weighted by molar-refractivity contribution is 7.89. The van der Waals surface area contributed by atoms with Gasteiger partial charge in [0.15, 0.2) is 5.82 Å². The predicted molar refractivity (Wildman–Crippen MR) is 119 cm³/mol. The lowest BCUT2D eigenvalue weighted by Gasteiger charge is -2.38. The Morgan fingerprint density at radius 3 is 2.83 bits per heavy atom. The molecule has 5 rings (SSSR count). The highest BCUT2D eigenvalue weighted by Gasteiger charge is 2.49. The SMILES string of the molecule is O=S(=O)(c1cccc(Cl)c1)N1CC[C@]2(C1)Nc1cccnc1NC2=NC1CCCC1. The van der Waals surface area contributed by atoms with E-state index in [1.807, 2.05) is 12.1 Å². The Kier molecular flexibility index (Phi) is 4.95. The van der Waals surface area contributed by atoms with Gasteiger partial charge in [0.05, 0.1) is 16.6 Å². The van der Waals surface area contributed by atoms with E-state index in [0.717, 1.165) is 30.2 Å². The maximum atomic E-state index is 13.3. The summed E-state index contributed by atoms with van der Waals surface area (Å²) in [6.45, 7) is 0.706. The van der Waals surface area contributed by atoms with E-state index in [2.05, 4.69) is 15.6 Å². The van der Waals surface area contributed by atoms with Crippen molar-refractivity contribution in [2.24, 2.45) is 4.99 Å². The molecule has 1 aromatic carbocycles. The molecule has 2 fully saturated rings. The summed E-state index contributed by atoms with van der Waals surface area (Å²) in [5.74, 6) is 1.53.